The molecule has 1 atom stereocenters. The number of nitrogens with zero attached hydrogens (tertiary/aromatic N) is 5. The Morgan fingerprint density at radius 2 is 1.67 bits per heavy atom. The predicted molar refractivity (Wildman–Crippen MR) is 206 cm³/mol. The molecule has 3 saturated heterocycles. The lowest BCUT2D eigenvalue weighted by Gasteiger charge is -2.36. The molecule has 0 saturated carbocycles. The summed E-state index contributed by atoms with van der Waals surface area (Å²) in [5.41, 5.74) is 0.932. The van der Waals surface area contributed by atoms with Crippen molar-refractivity contribution in [2.45, 2.75) is 105 Å². The summed E-state index contributed by atoms with van der Waals surface area (Å²) in [6.07, 6.45) is 11.5. The number of phenolic OH excluding ortho intramolecular Hbond substituents is 1. The summed E-state index contributed by atoms with van der Waals surface area (Å²) in [6, 6.07) is 5.95. The van der Waals surface area contributed by atoms with Crippen molar-refractivity contribution in [1.29, 1.82) is 0 Å². The fraction of sp³-hybridized carbons (Fsp3) is 0.537. The lowest BCUT2D eigenvalue weighted by atomic mass is 9.95. The number of aromatic nitrogens is 3. The average molecular weight is 703 g/mol. The first-order chi connectivity index (χ1) is 25.0. The number of aromatic hydroxyl groups is 1. The third-order valence-corrected chi connectivity index (χ3v) is 9.89. The van der Waals surface area contributed by atoms with E-state index in [1.165, 1.54) is 24.3 Å². The Kier molecular flexibility index (Phi) is 14.0. The Hall–Kier alpha value is -4.07. The molecule has 3 fully saturated rings. The second kappa shape index (κ2) is 17.9. The van der Waals surface area contributed by atoms with Crippen molar-refractivity contribution < 1.29 is 18.6 Å². The van der Waals surface area contributed by atoms with Crippen LogP contribution in [0.1, 0.15) is 98.8 Å². The SMILES string of the molecule is C#Cc1c(F)ccc2cc(O)cc(-c3nc4c5c(nc(OCC67CCCN6CCC7)nc5c3F)N3CCNCC3CC4)c12.CC.CC.CC.CC. The molecule has 0 spiro atoms. The van der Waals surface area contributed by atoms with Gasteiger partial charge in [-0.05, 0) is 75.2 Å². The van der Waals surface area contributed by atoms with E-state index in [1.807, 2.05) is 55.4 Å². The maximum Gasteiger partial charge on any atom is 0.319 e. The number of rotatable bonds is 4. The normalized spacial score (nSPS) is 18.2. The van der Waals surface area contributed by atoms with Gasteiger partial charge in [0.1, 0.15) is 35.2 Å². The second-order valence-corrected chi connectivity index (χ2v) is 12.2. The van der Waals surface area contributed by atoms with Gasteiger partial charge in [-0.15, -0.1) is 6.42 Å². The zero-order valence-corrected chi connectivity index (χ0v) is 31.8. The molecule has 0 amide bonds. The number of phenols is 1. The van der Waals surface area contributed by atoms with Crippen molar-refractivity contribution in [1.82, 2.24) is 25.2 Å². The van der Waals surface area contributed by atoms with Crippen LogP contribution in [0.4, 0.5) is 14.6 Å². The van der Waals surface area contributed by atoms with E-state index < -0.39 is 11.6 Å². The fourth-order valence-corrected chi connectivity index (χ4v) is 7.85. The van der Waals surface area contributed by atoms with E-state index in [9.17, 15) is 9.50 Å². The van der Waals surface area contributed by atoms with E-state index in [1.54, 1.807) is 0 Å². The van der Waals surface area contributed by atoms with E-state index in [0.29, 0.717) is 40.7 Å². The first-order valence-corrected chi connectivity index (χ1v) is 19.1. The minimum atomic E-state index is -0.679. The van der Waals surface area contributed by atoms with E-state index >= 15 is 4.39 Å². The first-order valence-electron chi connectivity index (χ1n) is 19.1. The minimum Gasteiger partial charge on any atom is -0.508 e. The van der Waals surface area contributed by atoms with E-state index in [-0.39, 0.29) is 45.7 Å². The Morgan fingerprint density at radius 1 is 0.961 bits per heavy atom. The number of ether oxygens (including phenoxy) is 1. The van der Waals surface area contributed by atoms with E-state index in [2.05, 4.69) is 21.0 Å². The molecule has 1 unspecified atom stereocenters. The maximum absolute atomic E-state index is 16.9. The average Bonchev–Trinajstić information content (AvgIpc) is 3.73. The monoisotopic (exact) mass is 702 g/mol. The summed E-state index contributed by atoms with van der Waals surface area (Å²) in [5.74, 6) is 1.68. The van der Waals surface area contributed by atoms with Crippen LogP contribution >= 0.6 is 0 Å². The molecule has 10 heteroatoms. The highest BCUT2D eigenvalue weighted by molar-refractivity contribution is 6.03. The smallest absolute Gasteiger partial charge is 0.319 e. The highest BCUT2D eigenvalue weighted by Crippen LogP contribution is 2.43. The van der Waals surface area contributed by atoms with Crippen LogP contribution in [-0.4, -0.2) is 75.9 Å². The number of nitrogens with one attached hydrogen (secondary N) is 1. The molecule has 4 aliphatic heterocycles. The highest BCUT2D eigenvalue weighted by atomic mass is 19.1. The van der Waals surface area contributed by atoms with Gasteiger partial charge in [0.05, 0.1) is 22.2 Å². The number of anilines is 1. The van der Waals surface area contributed by atoms with Crippen LogP contribution < -0.4 is 15.0 Å². The molecular weight excluding hydrogens is 646 g/mol. The number of hydrogen-bond donors (Lipinski definition) is 2. The quantitative estimate of drug-likeness (QED) is 0.205. The topological polar surface area (TPSA) is 86.6 Å². The van der Waals surface area contributed by atoms with Crippen molar-refractivity contribution in [2.24, 2.45) is 0 Å². The largest absolute Gasteiger partial charge is 0.508 e. The van der Waals surface area contributed by atoms with Crippen LogP contribution in [0, 0.1) is 24.0 Å². The van der Waals surface area contributed by atoms with Crippen molar-refractivity contribution >= 4 is 27.5 Å². The van der Waals surface area contributed by atoms with Crippen molar-refractivity contribution in [3.63, 3.8) is 0 Å². The molecule has 2 N–H and O–H groups in total. The molecule has 0 radical (unpaired) electrons. The standard InChI is InChI=1S/C33H32F2N6O2.4C2H6/c1-2-22-24(34)7-5-19-15-21(42)16-23(26(19)22)29-28(35)30-27-25(37-29)8-6-20-17-36-11-14-41(20)31(27)39-32(38-30)43-18-33-9-3-12-40(33)13-4-10-33;4*1-2/h1,5,7,15-16,20,36,42H,3-4,6,8-14,17-18H2;4*1-2H3. The predicted octanol–water partition coefficient (Wildman–Crippen LogP) is 8.65. The second-order valence-electron chi connectivity index (χ2n) is 12.2. The number of terminal acetylenes is 1. The number of hydrogen-bond acceptors (Lipinski definition) is 8. The minimum absolute atomic E-state index is 0.00722. The van der Waals surface area contributed by atoms with Crippen molar-refractivity contribution in [3.05, 3.63) is 47.2 Å². The van der Waals surface area contributed by atoms with Crippen molar-refractivity contribution in [2.75, 3.05) is 44.2 Å². The van der Waals surface area contributed by atoms with Gasteiger partial charge in [-0.3, -0.25) is 4.90 Å². The van der Waals surface area contributed by atoms with Gasteiger partial charge in [0.15, 0.2) is 5.82 Å². The van der Waals surface area contributed by atoms with Gasteiger partial charge in [0.2, 0.25) is 0 Å². The number of piperazine rings is 1. The lowest BCUT2D eigenvalue weighted by Crippen LogP contribution is -2.51. The van der Waals surface area contributed by atoms with Gasteiger partial charge < -0.3 is 20.1 Å². The Balaban J connectivity index is 0.000000684. The lowest BCUT2D eigenvalue weighted by molar-refractivity contribution is 0.108. The number of benzene rings is 2. The van der Waals surface area contributed by atoms with Crippen LogP contribution in [0.25, 0.3) is 32.9 Å². The number of aryl methyl sites for hydroxylation is 1. The van der Waals surface area contributed by atoms with Crippen LogP contribution in [0.5, 0.6) is 11.8 Å². The van der Waals surface area contributed by atoms with Gasteiger partial charge in [0.25, 0.3) is 0 Å². The molecule has 8 nitrogen and oxygen atoms in total. The molecule has 8 rings (SSSR count). The maximum atomic E-state index is 16.9. The van der Waals surface area contributed by atoms with Gasteiger partial charge in [-0.1, -0.05) is 67.4 Å². The van der Waals surface area contributed by atoms with Crippen molar-refractivity contribution in [3.8, 4) is 35.4 Å². The third-order valence-electron chi connectivity index (χ3n) is 9.89. The third kappa shape index (κ3) is 7.47. The molecule has 51 heavy (non-hydrogen) atoms. The zero-order valence-electron chi connectivity index (χ0n) is 31.8. The molecular formula is C41H56F2N6O2. The van der Waals surface area contributed by atoms with Crippen LogP contribution in [-0.2, 0) is 6.42 Å². The van der Waals surface area contributed by atoms with Gasteiger partial charge in [-0.2, -0.15) is 9.97 Å². The summed E-state index contributed by atoms with van der Waals surface area (Å²) in [6.45, 7) is 20.9. The molecule has 6 heterocycles. The summed E-state index contributed by atoms with van der Waals surface area (Å²) in [4.78, 5) is 19.2. The number of halogens is 2. The molecule has 2 aromatic heterocycles. The molecule has 2 aromatic carbocycles. The van der Waals surface area contributed by atoms with Gasteiger partial charge in [0, 0.05) is 36.6 Å². The molecule has 4 aromatic rings. The molecule has 0 aliphatic carbocycles. The van der Waals surface area contributed by atoms with E-state index in [4.69, 9.17) is 26.1 Å². The number of fused-ring (bicyclic) bond motifs is 4. The number of pyridine rings is 1. The Morgan fingerprint density at radius 3 is 2.35 bits per heavy atom. The summed E-state index contributed by atoms with van der Waals surface area (Å²) in [5, 5.41) is 15.5. The van der Waals surface area contributed by atoms with Gasteiger partial charge >= 0.3 is 6.01 Å². The Labute approximate surface area is 303 Å². The Bertz CT molecular complexity index is 1830. The molecule has 0 bridgehead atoms. The summed E-state index contributed by atoms with van der Waals surface area (Å²) >= 11 is 0. The molecule has 4 aliphatic rings. The zero-order chi connectivity index (χ0) is 37.3. The first kappa shape index (κ1) is 39.7. The van der Waals surface area contributed by atoms with Crippen LogP contribution in [0.15, 0.2) is 24.3 Å². The molecule has 276 valence electrons. The fourth-order valence-electron chi connectivity index (χ4n) is 7.85. The summed E-state index contributed by atoms with van der Waals surface area (Å²) < 4.78 is 38.1. The van der Waals surface area contributed by atoms with Gasteiger partial charge in [-0.25, -0.2) is 13.8 Å². The van der Waals surface area contributed by atoms with Crippen LogP contribution in [0.2, 0.25) is 0 Å². The van der Waals surface area contributed by atoms with E-state index in [0.717, 1.165) is 64.8 Å². The summed E-state index contributed by atoms with van der Waals surface area (Å²) in [7, 11) is 0. The van der Waals surface area contributed by atoms with Crippen LogP contribution in [0.3, 0.4) is 0 Å². The highest BCUT2D eigenvalue weighted by Gasteiger charge is 2.45.